The first-order chi connectivity index (χ1) is 6.28. The molecule has 0 aliphatic carbocycles. The predicted octanol–water partition coefficient (Wildman–Crippen LogP) is 1.68. The lowest BCUT2D eigenvalue weighted by molar-refractivity contribution is 0.113. The summed E-state index contributed by atoms with van der Waals surface area (Å²) >= 11 is 0. The molecule has 0 aliphatic heterocycles. The van der Waals surface area contributed by atoms with E-state index in [2.05, 4.69) is 19.3 Å². The fourth-order valence-electron chi connectivity index (χ4n) is 1.47. The molecule has 80 valence electrons. The molecule has 0 amide bonds. The van der Waals surface area contributed by atoms with E-state index in [-0.39, 0.29) is 0 Å². The van der Waals surface area contributed by atoms with Crippen LogP contribution in [0.15, 0.2) is 0 Å². The highest BCUT2D eigenvalue weighted by molar-refractivity contribution is 4.67. The van der Waals surface area contributed by atoms with Gasteiger partial charge in [-0.2, -0.15) is 0 Å². The van der Waals surface area contributed by atoms with Crippen molar-refractivity contribution >= 4 is 0 Å². The summed E-state index contributed by atoms with van der Waals surface area (Å²) in [6.45, 7) is 7.94. The second-order valence-electron chi connectivity index (χ2n) is 3.44. The summed E-state index contributed by atoms with van der Waals surface area (Å²) in [6.07, 6.45) is 3.56. The van der Waals surface area contributed by atoms with Crippen LogP contribution < -0.4 is 11.3 Å². The van der Waals surface area contributed by atoms with E-state index in [1.54, 1.807) is 0 Å². The quantitative estimate of drug-likeness (QED) is 0.450. The van der Waals surface area contributed by atoms with Crippen molar-refractivity contribution in [1.82, 2.24) is 5.43 Å². The van der Waals surface area contributed by atoms with Crippen molar-refractivity contribution < 1.29 is 4.74 Å². The molecule has 0 spiro atoms. The summed E-state index contributed by atoms with van der Waals surface area (Å²) in [6, 6.07) is 0.310. The number of hydrogen-bond donors (Lipinski definition) is 2. The summed E-state index contributed by atoms with van der Waals surface area (Å²) in [5.74, 6) is 6.21. The number of nitrogens with two attached hydrogens (primary N) is 1. The maximum Gasteiger partial charge on any atom is 0.0633 e. The zero-order valence-corrected chi connectivity index (χ0v) is 9.18. The molecule has 13 heavy (non-hydrogen) atoms. The van der Waals surface area contributed by atoms with E-state index in [4.69, 9.17) is 10.6 Å². The maximum atomic E-state index is 5.44. The van der Waals surface area contributed by atoms with Crippen molar-refractivity contribution in [3.63, 3.8) is 0 Å². The molecule has 1 atom stereocenters. The zero-order valence-electron chi connectivity index (χ0n) is 9.18. The summed E-state index contributed by atoms with van der Waals surface area (Å²) in [5, 5.41) is 0. The molecule has 0 aromatic heterocycles. The van der Waals surface area contributed by atoms with Crippen LogP contribution >= 0.6 is 0 Å². The van der Waals surface area contributed by atoms with E-state index < -0.39 is 0 Å². The van der Waals surface area contributed by atoms with Crippen molar-refractivity contribution in [3.8, 4) is 0 Å². The number of hydrogen-bond acceptors (Lipinski definition) is 3. The molecular weight excluding hydrogens is 164 g/mol. The minimum atomic E-state index is 0.310. The lowest BCUT2D eigenvalue weighted by atomic mass is 9.95. The van der Waals surface area contributed by atoms with E-state index in [0.717, 1.165) is 25.6 Å². The van der Waals surface area contributed by atoms with E-state index in [9.17, 15) is 0 Å². The molecule has 3 N–H and O–H groups in total. The molecule has 3 nitrogen and oxygen atoms in total. The third-order valence-electron chi connectivity index (χ3n) is 2.53. The minimum absolute atomic E-state index is 0.310. The van der Waals surface area contributed by atoms with Gasteiger partial charge in [0.2, 0.25) is 0 Å². The summed E-state index contributed by atoms with van der Waals surface area (Å²) in [4.78, 5) is 0. The van der Waals surface area contributed by atoms with Crippen LogP contribution in [0.1, 0.15) is 40.0 Å². The highest BCUT2D eigenvalue weighted by Gasteiger charge is 2.12. The van der Waals surface area contributed by atoms with Gasteiger partial charge in [0.25, 0.3) is 0 Å². The van der Waals surface area contributed by atoms with Crippen molar-refractivity contribution in [2.24, 2.45) is 11.8 Å². The molecule has 0 rings (SSSR count). The highest BCUT2D eigenvalue weighted by Crippen LogP contribution is 2.14. The van der Waals surface area contributed by atoms with E-state index in [1.807, 2.05) is 6.92 Å². The van der Waals surface area contributed by atoms with Gasteiger partial charge in [0, 0.05) is 12.6 Å². The maximum absolute atomic E-state index is 5.44. The molecule has 0 heterocycles. The highest BCUT2D eigenvalue weighted by atomic mass is 16.5. The van der Waals surface area contributed by atoms with Gasteiger partial charge in [-0.25, -0.2) is 0 Å². The lowest BCUT2D eigenvalue weighted by Gasteiger charge is -2.20. The normalized spacial score (nSPS) is 13.6. The average Bonchev–Trinajstić information content (AvgIpc) is 2.19. The number of hydrazine groups is 1. The lowest BCUT2D eigenvalue weighted by Crippen LogP contribution is -2.40. The molecule has 0 radical (unpaired) electrons. The molecule has 0 bridgehead atoms. The number of ether oxygens (including phenoxy) is 1. The Hall–Kier alpha value is -0.120. The Labute approximate surface area is 82.0 Å². The third kappa shape index (κ3) is 6.02. The molecule has 0 saturated heterocycles. The van der Waals surface area contributed by atoms with Crippen LogP contribution in [0, 0.1) is 5.92 Å². The summed E-state index contributed by atoms with van der Waals surface area (Å²) < 4.78 is 5.33. The van der Waals surface area contributed by atoms with Gasteiger partial charge in [0.1, 0.15) is 0 Å². The van der Waals surface area contributed by atoms with Gasteiger partial charge in [0.05, 0.1) is 6.61 Å². The van der Waals surface area contributed by atoms with Gasteiger partial charge in [-0.1, -0.05) is 26.7 Å². The average molecular weight is 188 g/mol. The molecule has 0 fully saturated rings. The van der Waals surface area contributed by atoms with Gasteiger partial charge in [0.15, 0.2) is 0 Å². The Balaban J connectivity index is 3.67. The number of nitrogens with one attached hydrogen (secondary N) is 1. The van der Waals surface area contributed by atoms with Crippen molar-refractivity contribution in [1.29, 1.82) is 0 Å². The minimum Gasteiger partial charge on any atom is -0.380 e. The molecule has 1 unspecified atom stereocenters. The molecule has 3 heteroatoms. The SMILES string of the molecule is CCOCC(CC(CC)CC)NN. The van der Waals surface area contributed by atoms with E-state index in [1.165, 1.54) is 12.8 Å². The fourth-order valence-corrected chi connectivity index (χ4v) is 1.47. The van der Waals surface area contributed by atoms with Crippen molar-refractivity contribution in [2.75, 3.05) is 13.2 Å². The monoisotopic (exact) mass is 188 g/mol. The number of rotatable bonds is 8. The molecule has 0 aliphatic rings. The molecular formula is C10H24N2O. The first kappa shape index (κ1) is 12.9. The summed E-state index contributed by atoms with van der Waals surface area (Å²) in [5.41, 5.74) is 2.81. The Morgan fingerprint density at radius 3 is 2.23 bits per heavy atom. The predicted molar refractivity (Wildman–Crippen MR) is 56.3 cm³/mol. The molecule has 0 aromatic carbocycles. The first-order valence-corrected chi connectivity index (χ1v) is 5.32. The Morgan fingerprint density at radius 2 is 1.85 bits per heavy atom. The van der Waals surface area contributed by atoms with Crippen molar-refractivity contribution in [2.45, 2.75) is 46.1 Å². The largest absolute Gasteiger partial charge is 0.380 e. The molecule has 0 aromatic rings. The second-order valence-corrected chi connectivity index (χ2v) is 3.44. The van der Waals surface area contributed by atoms with Crippen LogP contribution in [0.25, 0.3) is 0 Å². The first-order valence-electron chi connectivity index (χ1n) is 5.32. The van der Waals surface area contributed by atoms with Crippen LogP contribution in [0.4, 0.5) is 0 Å². The Morgan fingerprint density at radius 1 is 1.23 bits per heavy atom. The van der Waals surface area contributed by atoms with Crippen LogP contribution in [-0.2, 0) is 4.74 Å². The van der Waals surface area contributed by atoms with Gasteiger partial charge in [-0.3, -0.25) is 11.3 Å². The topological polar surface area (TPSA) is 47.3 Å². The van der Waals surface area contributed by atoms with Crippen LogP contribution in [-0.4, -0.2) is 19.3 Å². The Kier molecular flexibility index (Phi) is 8.40. The van der Waals surface area contributed by atoms with Crippen LogP contribution in [0.3, 0.4) is 0 Å². The van der Waals surface area contributed by atoms with Gasteiger partial charge in [-0.05, 0) is 19.3 Å². The van der Waals surface area contributed by atoms with Crippen LogP contribution in [0.5, 0.6) is 0 Å². The zero-order chi connectivity index (χ0) is 10.1. The van der Waals surface area contributed by atoms with E-state index >= 15 is 0 Å². The van der Waals surface area contributed by atoms with E-state index in [0.29, 0.717) is 6.04 Å². The Bertz CT molecular complexity index is 105. The van der Waals surface area contributed by atoms with Gasteiger partial charge < -0.3 is 4.74 Å². The van der Waals surface area contributed by atoms with Crippen LogP contribution in [0.2, 0.25) is 0 Å². The molecule has 0 saturated carbocycles. The summed E-state index contributed by atoms with van der Waals surface area (Å²) in [7, 11) is 0. The fraction of sp³-hybridized carbons (Fsp3) is 1.00. The van der Waals surface area contributed by atoms with Gasteiger partial charge in [-0.15, -0.1) is 0 Å². The second kappa shape index (κ2) is 8.48. The van der Waals surface area contributed by atoms with Gasteiger partial charge >= 0.3 is 0 Å². The third-order valence-corrected chi connectivity index (χ3v) is 2.53. The standard InChI is InChI=1S/C10H24N2O/c1-4-9(5-2)7-10(12-11)8-13-6-3/h9-10,12H,4-8,11H2,1-3H3. The smallest absolute Gasteiger partial charge is 0.0633 e. The van der Waals surface area contributed by atoms with Crippen molar-refractivity contribution in [3.05, 3.63) is 0 Å².